The van der Waals surface area contributed by atoms with Gasteiger partial charge < -0.3 is 34.5 Å². The molecule has 4 rings (SSSR count). The molecular weight excluding hydrogens is 574 g/mol. The maximum atomic E-state index is 12.7. The van der Waals surface area contributed by atoms with Crippen LogP contribution in [0.3, 0.4) is 0 Å². The van der Waals surface area contributed by atoms with E-state index in [-0.39, 0.29) is 59.9 Å². The van der Waals surface area contributed by atoms with E-state index in [1.54, 1.807) is 17.9 Å². The van der Waals surface area contributed by atoms with Crippen molar-refractivity contribution in [2.75, 3.05) is 26.2 Å². The van der Waals surface area contributed by atoms with Gasteiger partial charge in [-0.15, -0.1) is 0 Å². The lowest BCUT2D eigenvalue weighted by Gasteiger charge is -2.39. The molecule has 4 heterocycles. The first-order valence-electron chi connectivity index (χ1n) is 17.1. The first kappa shape index (κ1) is 35.2. The highest BCUT2D eigenvalue weighted by Gasteiger charge is 2.51. The molecule has 10 nitrogen and oxygen atoms in total. The van der Waals surface area contributed by atoms with Crippen LogP contribution in [-0.2, 0) is 28.5 Å². The summed E-state index contributed by atoms with van der Waals surface area (Å²) < 4.78 is 23.9. The molecule has 8 atom stereocenters. The molecule has 4 saturated heterocycles. The highest BCUT2D eigenvalue weighted by atomic mass is 16.6. The molecule has 0 bridgehead atoms. The molecule has 0 saturated carbocycles. The molecule has 3 amide bonds. The number of rotatable bonds is 12. The van der Waals surface area contributed by atoms with Crippen molar-refractivity contribution >= 4 is 17.9 Å². The molecule has 0 aromatic heterocycles. The predicted octanol–water partition coefficient (Wildman–Crippen LogP) is 4.98. The normalized spacial score (nSPS) is 32.9. The van der Waals surface area contributed by atoms with Crippen molar-refractivity contribution < 1.29 is 33.3 Å². The fourth-order valence-electron chi connectivity index (χ4n) is 6.47. The van der Waals surface area contributed by atoms with Gasteiger partial charge in [0.1, 0.15) is 6.10 Å². The zero-order chi connectivity index (χ0) is 32.4. The molecule has 252 valence electrons. The number of carbonyl (C=O) groups excluding carboxylic acids is 3. The third-order valence-electron chi connectivity index (χ3n) is 9.29. The number of piperidine rings is 1. The highest BCUT2D eigenvalue weighted by Crippen LogP contribution is 2.43. The lowest BCUT2D eigenvalue weighted by Crippen LogP contribution is -2.50. The van der Waals surface area contributed by atoms with E-state index in [0.29, 0.717) is 13.0 Å². The summed E-state index contributed by atoms with van der Waals surface area (Å²) in [5.41, 5.74) is 0.994. The fraction of sp³-hybridized carbons (Fsp3) is 0.743. The van der Waals surface area contributed by atoms with Gasteiger partial charge in [-0.25, -0.2) is 4.79 Å². The van der Waals surface area contributed by atoms with Gasteiger partial charge in [0.05, 0.1) is 49.1 Å². The Labute approximate surface area is 269 Å². The van der Waals surface area contributed by atoms with E-state index in [9.17, 15) is 14.4 Å². The van der Waals surface area contributed by atoms with Gasteiger partial charge in [0, 0.05) is 38.6 Å². The second kappa shape index (κ2) is 16.7. The number of hydrogen-bond acceptors (Lipinski definition) is 7. The minimum absolute atomic E-state index is 0.0351. The number of hydrogen-bond donors (Lipinski definition) is 2. The molecule has 1 spiro atoms. The lowest BCUT2D eigenvalue weighted by atomic mass is 9.88. The lowest BCUT2D eigenvalue weighted by molar-refractivity contribution is -0.127. The summed E-state index contributed by atoms with van der Waals surface area (Å²) in [5.74, 6) is 0.0870. The van der Waals surface area contributed by atoms with Crippen molar-refractivity contribution in [3.05, 3.63) is 36.0 Å². The van der Waals surface area contributed by atoms with Crippen molar-refractivity contribution in [3.63, 3.8) is 0 Å². The van der Waals surface area contributed by atoms with E-state index in [1.807, 2.05) is 13.8 Å². The van der Waals surface area contributed by atoms with E-state index < -0.39 is 6.10 Å². The van der Waals surface area contributed by atoms with Crippen LogP contribution in [0.1, 0.15) is 92.4 Å². The standard InChI is InChI=1S/C35H55N3O7/c1-6-16-36-33(40)20-29-22-35(23-42-35)21-28(45-29)13-10-24(2)11-14-31-25(3)19-30(27(5)44-31)37-32(39)15-12-26(4)43-34(41)38-17-8-7-9-18-38/h10-13,15,25-31H,6-9,14,16-23H2,1-5H3,(H,36,40)(H,37,39)/b13-10+,15-12-,24-11+/t25-,26-,27+,28+,29+,30+,31-,35+/m0/s1. The van der Waals surface area contributed by atoms with Crippen LogP contribution in [0, 0.1) is 5.92 Å². The molecule has 4 aliphatic heterocycles. The molecule has 45 heavy (non-hydrogen) atoms. The number of nitrogens with one attached hydrogen (secondary N) is 2. The molecule has 10 heteroatoms. The van der Waals surface area contributed by atoms with Crippen molar-refractivity contribution in [2.45, 2.75) is 135 Å². The number of amides is 3. The summed E-state index contributed by atoms with van der Waals surface area (Å²) in [6, 6.07) is -0.0954. The Balaban J connectivity index is 1.19. The summed E-state index contributed by atoms with van der Waals surface area (Å²) in [6.45, 7) is 12.9. The first-order chi connectivity index (χ1) is 21.6. The number of likely N-dealkylation sites (tertiary alicyclic amines) is 1. The molecule has 0 radical (unpaired) electrons. The summed E-state index contributed by atoms with van der Waals surface area (Å²) >= 11 is 0. The average molecular weight is 630 g/mol. The van der Waals surface area contributed by atoms with Crippen LogP contribution in [0.5, 0.6) is 0 Å². The zero-order valence-electron chi connectivity index (χ0n) is 27.9. The number of ether oxygens (including phenoxy) is 4. The summed E-state index contributed by atoms with van der Waals surface area (Å²) in [6.07, 6.45) is 16.0. The second-order valence-corrected chi connectivity index (χ2v) is 13.5. The Morgan fingerprint density at radius 3 is 2.56 bits per heavy atom. The Morgan fingerprint density at radius 1 is 1.09 bits per heavy atom. The maximum absolute atomic E-state index is 12.7. The molecule has 0 aromatic carbocycles. The molecule has 4 fully saturated rings. The summed E-state index contributed by atoms with van der Waals surface area (Å²) in [7, 11) is 0. The van der Waals surface area contributed by atoms with Gasteiger partial charge in [-0.2, -0.15) is 0 Å². The van der Waals surface area contributed by atoms with Gasteiger partial charge in [-0.3, -0.25) is 9.59 Å². The Kier molecular flexibility index (Phi) is 13.1. The van der Waals surface area contributed by atoms with Crippen molar-refractivity contribution in [1.82, 2.24) is 15.5 Å². The largest absolute Gasteiger partial charge is 0.442 e. The Bertz CT molecular complexity index is 1090. The van der Waals surface area contributed by atoms with Gasteiger partial charge >= 0.3 is 6.09 Å². The minimum atomic E-state index is -0.483. The van der Waals surface area contributed by atoms with Crippen LogP contribution in [0.25, 0.3) is 0 Å². The van der Waals surface area contributed by atoms with E-state index in [0.717, 1.165) is 76.6 Å². The monoisotopic (exact) mass is 629 g/mol. The van der Waals surface area contributed by atoms with E-state index in [2.05, 4.69) is 42.7 Å². The first-order valence-corrected chi connectivity index (χ1v) is 17.1. The molecule has 0 unspecified atom stereocenters. The Hall–Kier alpha value is -2.69. The van der Waals surface area contributed by atoms with Crippen LogP contribution in [0.4, 0.5) is 4.79 Å². The van der Waals surface area contributed by atoms with Crippen LogP contribution in [0.2, 0.25) is 0 Å². The van der Waals surface area contributed by atoms with Gasteiger partial charge in [0.2, 0.25) is 11.8 Å². The smallest absolute Gasteiger partial charge is 0.410 e. The number of carbonyl (C=O) groups is 3. The Morgan fingerprint density at radius 2 is 1.84 bits per heavy atom. The number of nitrogens with zero attached hydrogens (tertiary/aromatic N) is 1. The van der Waals surface area contributed by atoms with Gasteiger partial charge in [-0.05, 0) is 71.3 Å². The topological polar surface area (TPSA) is 119 Å². The van der Waals surface area contributed by atoms with Crippen LogP contribution < -0.4 is 10.6 Å². The molecular formula is C35H55N3O7. The van der Waals surface area contributed by atoms with Crippen molar-refractivity contribution in [3.8, 4) is 0 Å². The quantitative estimate of drug-likeness (QED) is 0.178. The highest BCUT2D eigenvalue weighted by molar-refractivity contribution is 5.87. The van der Waals surface area contributed by atoms with Gasteiger partial charge in [0.25, 0.3) is 0 Å². The maximum Gasteiger partial charge on any atom is 0.410 e. The average Bonchev–Trinajstić information content (AvgIpc) is 3.76. The van der Waals surface area contributed by atoms with E-state index >= 15 is 0 Å². The van der Waals surface area contributed by atoms with Gasteiger partial charge in [-0.1, -0.05) is 37.6 Å². The van der Waals surface area contributed by atoms with Crippen molar-refractivity contribution in [2.24, 2.45) is 5.92 Å². The van der Waals surface area contributed by atoms with Gasteiger partial charge in [0.15, 0.2) is 0 Å². The van der Waals surface area contributed by atoms with Crippen molar-refractivity contribution in [1.29, 1.82) is 0 Å². The number of epoxide rings is 1. The summed E-state index contributed by atoms with van der Waals surface area (Å²) in [5, 5.41) is 6.02. The second-order valence-electron chi connectivity index (χ2n) is 13.5. The third kappa shape index (κ3) is 11.3. The molecule has 0 aliphatic carbocycles. The SMILES string of the molecule is CCCNC(=O)C[C@@H]1C[C@@]2(CO2)C[C@@H](/C=C/C(C)=C/C[C@@H]2O[C@H](C)[C@H](NC(=O)/C=C\[C@H](C)OC(=O)N3CCCCC3)C[C@@H]2C)O1. The van der Waals surface area contributed by atoms with Crippen LogP contribution in [-0.4, -0.2) is 91.2 Å². The molecule has 2 N–H and O–H groups in total. The minimum Gasteiger partial charge on any atom is -0.442 e. The predicted molar refractivity (Wildman–Crippen MR) is 173 cm³/mol. The fourth-order valence-corrected chi connectivity index (χ4v) is 6.47. The third-order valence-corrected chi connectivity index (χ3v) is 9.29. The van der Waals surface area contributed by atoms with E-state index in [4.69, 9.17) is 18.9 Å². The van der Waals surface area contributed by atoms with Crippen LogP contribution in [0.15, 0.2) is 36.0 Å². The molecule has 4 aliphatic rings. The zero-order valence-corrected chi connectivity index (χ0v) is 27.9. The van der Waals surface area contributed by atoms with E-state index in [1.165, 1.54) is 6.08 Å². The summed E-state index contributed by atoms with van der Waals surface area (Å²) in [4.78, 5) is 38.9. The molecule has 0 aromatic rings. The van der Waals surface area contributed by atoms with Crippen LogP contribution >= 0.6 is 0 Å². The number of allylic oxidation sites excluding steroid dienone is 2.